The minimum absolute atomic E-state index is 0.171. The van der Waals surface area contributed by atoms with E-state index in [4.69, 9.17) is 21.6 Å². The first-order valence-electron chi connectivity index (χ1n) is 9.56. The third-order valence-corrected chi connectivity index (χ3v) is 5.46. The predicted octanol–water partition coefficient (Wildman–Crippen LogP) is 1.55. The molecule has 2 N–H and O–H groups in total. The zero-order chi connectivity index (χ0) is 20.8. The normalized spacial score (nSPS) is 20.0. The van der Waals surface area contributed by atoms with E-state index in [1.54, 1.807) is 23.0 Å². The molecule has 0 spiro atoms. The largest absolute Gasteiger partial charge is 0.394 e. The number of fused-ring (bicyclic) bond motifs is 1. The number of nitrogens with zero attached hydrogens (tertiary/aromatic N) is 7. The van der Waals surface area contributed by atoms with Crippen molar-refractivity contribution >= 4 is 28.6 Å². The van der Waals surface area contributed by atoms with Crippen LogP contribution < -0.4 is 4.90 Å². The molecule has 2 atom stereocenters. The Morgan fingerprint density at radius 3 is 2.76 bits per heavy atom. The Kier molecular flexibility index (Phi) is 5.14. The molecule has 1 saturated heterocycles. The number of aromatic nitrogens is 6. The van der Waals surface area contributed by atoms with Crippen LogP contribution >= 0.6 is 11.6 Å². The molecule has 9 nitrogen and oxygen atoms in total. The molecule has 154 valence electrons. The van der Waals surface area contributed by atoms with Gasteiger partial charge in [0.25, 0.3) is 0 Å². The molecular formula is C19H24ClN7O2. The molecule has 3 aromatic rings. The highest BCUT2D eigenvalue weighted by Crippen LogP contribution is 2.32. The summed E-state index contributed by atoms with van der Waals surface area (Å²) < 4.78 is 1.66. The van der Waals surface area contributed by atoms with Gasteiger partial charge in [-0.3, -0.25) is 4.98 Å². The fraction of sp³-hybridized carbons (Fsp3) is 0.526. The molecule has 0 bridgehead atoms. The Hall–Kier alpha value is -2.36. The number of aliphatic hydroxyl groups excluding tert-OH is 2. The molecule has 4 rings (SSSR count). The zero-order valence-electron chi connectivity index (χ0n) is 16.6. The summed E-state index contributed by atoms with van der Waals surface area (Å²) in [5, 5.41) is 29.2. The lowest BCUT2D eigenvalue weighted by Crippen LogP contribution is -2.39. The Morgan fingerprint density at radius 1 is 1.28 bits per heavy atom. The molecule has 1 fully saturated rings. The van der Waals surface area contributed by atoms with Gasteiger partial charge in [0.15, 0.2) is 17.0 Å². The van der Waals surface area contributed by atoms with E-state index in [9.17, 15) is 10.2 Å². The van der Waals surface area contributed by atoms with E-state index in [-0.39, 0.29) is 12.0 Å². The maximum Gasteiger partial charge on any atom is 0.184 e. The molecule has 3 aromatic heterocycles. The molecule has 0 amide bonds. The molecule has 1 aliphatic heterocycles. The summed E-state index contributed by atoms with van der Waals surface area (Å²) in [5.41, 5.74) is 1.45. The van der Waals surface area contributed by atoms with Crippen molar-refractivity contribution in [2.45, 2.75) is 51.3 Å². The van der Waals surface area contributed by atoms with Crippen LogP contribution in [0.1, 0.15) is 38.7 Å². The average molecular weight is 418 g/mol. The molecule has 2 unspecified atom stereocenters. The SMILES string of the molecule is CC(C)(C)c1nc(N2CCC(O)C2CO)c2nnn(Cc3ncccc3Cl)c2n1. The lowest BCUT2D eigenvalue weighted by molar-refractivity contribution is 0.128. The summed E-state index contributed by atoms with van der Waals surface area (Å²) in [4.78, 5) is 15.7. The number of aliphatic hydroxyl groups is 2. The van der Waals surface area contributed by atoms with Crippen LogP contribution in [0.5, 0.6) is 0 Å². The quantitative estimate of drug-likeness (QED) is 0.657. The van der Waals surface area contributed by atoms with Crippen LogP contribution in [0.25, 0.3) is 11.2 Å². The Labute approximate surface area is 173 Å². The smallest absolute Gasteiger partial charge is 0.184 e. The summed E-state index contributed by atoms with van der Waals surface area (Å²) >= 11 is 6.26. The summed E-state index contributed by atoms with van der Waals surface area (Å²) in [7, 11) is 0. The van der Waals surface area contributed by atoms with Crippen LogP contribution in [0.4, 0.5) is 5.82 Å². The molecule has 0 aromatic carbocycles. The van der Waals surface area contributed by atoms with E-state index in [1.165, 1.54) is 0 Å². The standard InChI is InChI=1S/C19H24ClN7O2/c1-19(2,3)18-22-16(26-8-6-14(29)13(26)10-28)15-17(23-18)27(25-24-15)9-12-11(20)5-4-7-21-12/h4-5,7,13-14,28-29H,6,8-10H2,1-3H3. The minimum atomic E-state index is -0.620. The summed E-state index contributed by atoms with van der Waals surface area (Å²) in [6.45, 7) is 6.82. The molecule has 1 aliphatic rings. The fourth-order valence-corrected chi connectivity index (χ4v) is 3.66. The summed E-state index contributed by atoms with van der Waals surface area (Å²) in [5.74, 6) is 1.21. The van der Waals surface area contributed by atoms with Gasteiger partial charge in [0.1, 0.15) is 5.82 Å². The van der Waals surface area contributed by atoms with Crippen molar-refractivity contribution in [2.24, 2.45) is 0 Å². The summed E-state index contributed by atoms with van der Waals surface area (Å²) in [6, 6.07) is 3.12. The van der Waals surface area contributed by atoms with Crippen LogP contribution in [0.15, 0.2) is 18.3 Å². The maximum atomic E-state index is 10.2. The lowest BCUT2D eigenvalue weighted by atomic mass is 9.95. The number of rotatable bonds is 4. The average Bonchev–Trinajstić information content (AvgIpc) is 3.25. The van der Waals surface area contributed by atoms with E-state index in [1.807, 2.05) is 25.7 Å². The number of pyridine rings is 1. The topological polar surface area (TPSA) is 113 Å². The second-order valence-corrected chi connectivity index (χ2v) is 8.68. The first-order valence-corrected chi connectivity index (χ1v) is 9.94. The van der Waals surface area contributed by atoms with Gasteiger partial charge >= 0.3 is 0 Å². The van der Waals surface area contributed by atoms with Crippen molar-refractivity contribution in [3.63, 3.8) is 0 Å². The van der Waals surface area contributed by atoms with Gasteiger partial charge in [-0.25, -0.2) is 14.6 Å². The maximum absolute atomic E-state index is 10.2. The Morgan fingerprint density at radius 2 is 2.07 bits per heavy atom. The van der Waals surface area contributed by atoms with Crippen molar-refractivity contribution in [1.82, 2.24) is 29.9 Å². The van der Waals surface area contributed by atoms with Gasteiger partial charge in [-0.2, -0.15) is 0 Å². The van der Waals surface area contributed by atoms with Crippen LogP contribution in [-0.4, -0.2) is 65.5 Å². The van der Waals surface area contributed by atoms with Crippen molar-refractivity contribution in [3.8, 4) is 0 Å². The first-order chi connectivity index (χ1) is 13.8. The van der Waals surface area contributed by atoms with E-state index in [0.29, 0.717) is 53.0 Å². The predicted molar refractivity (Wildman–Crippen MR) is 109 cm³/mol. The fourth-order valence-electron chi connectivity index (χ4n) is 3.48. The highest BCUT2D eigenvalue weighted by Gasteiger charge is 2.36. The van der Waals surface area contributed by atoms with Crippen molar-refractivity contribution in [3.05, 3.63) is 34.9 Å². The third kappa shape index (κ3) is 3.65. The van der Waals surface area contributed by atoms with Gasteiger partial charge in [-0.05, 0) is 18.6 Å². The van der Waals surface area contributed by atoms with Gasteiger partial charge < -0.3 is 15.1 Å². The van der Waals surface area contributed by atoms with Gasteiger partial charge in [-0.15, -0.1) is 5.10 Å². The van der Waals surface area contributed by atoms with Crippen LogP contribution in [0.3, 0.4) is 0 Å². The molecular weight excluding hydrogens is 394 g/mol. The third-order valence-electron chi connectivity index (χ3n) is 5.12. The monoisotopic (exact) mass is 417 g/mol. The van der Waals surface area contributed by atoms with Gasteiger partial charge in [0.2, 0.25) is 0 Å². The highest BCUT2D eigenvalue weighted by atomic mass is 35.5. The van der Waals surface area contributed by atoms with Crippen LogP contribution in [0.2, 0.25) is 5.02 Å². The minimum Gasteiger partial charge on any atom is -0.394 e. The van der Waals surface area contributed by atoms with Crippen LogP contribution in [-0.2, 0) is 12.0 Å². The van der Waals surface area contributed by atoms with Gasteiger partial charge in [0.05, 0.1) is 36.0 Å². The summed E-state index contributed by atoms with van der Waals surface area (Å²) in [6.07, 6.45) is 1.61. The van der Waals surface area contributed by atoms with Crippen LogP contribution in [0, 0.1) is 0 Å². The number of halogens is 1. The van der Waals surface area contributed by atoms with Gasteiger partial charge in [0, 0.05) is 18.2 Å². The molecule has 10 heteroatoms. The molecule has 4 heterocycles. The molecule has 0 saturated carbocycles. The number of hydrogen-bond donors (Lipinski definition) is 2. The van der Waals surface area contributed by atoms with Crippen molar-refractivity contribution in [1.29, 1.82) is 0 Å². The first kappa shape index (κ1) is 19.9. The molecule has 0 aliphatic carbocycles. The number of hydrogen-bond acceptors (Lipinski definition) is 8. The van der Waals surface area contributed by atoms with Gasteiger partial charge in [-0.1, -0.05) is 37.6 Å². The Balaban J connectivity index is 1.86. The van der Waals surface area contributed by atoms with E-state index < -0.39 is 12.1 Å². The van der Waals surface area contributed by atoms with Crippen molar-refractivity contribution in [2.75, 3.05) is 18.1 Å². The highest BCUT2D eigenvalue weighted by molar-refractivity contribution is 6.31. The van der Waals surface area contributed by atoms with E-state index >= 15 is 0 Å². The lowest BCUT2D eigenvalue weighted by Gasteiger charge is -2.27. The number of anilines is 1. The molecule has 29 heavy (non-hydrogen) atoms. The van der Waals surface area contributed by atoms with E-state index in [2.05, 4.69) is 15.3 Å². The second-order valence-electron chi connectivity index (χ2n) is 8.27. The molecule has 0 radical (unpaired) electrons. The Bertz CT molecular complexity index is 1030. The van der Waals surface area contributed by atoms with Crippen molar-refractivity contribution < 1.29 is 10.2 Å². The van der Waals surface area contributed by atoms with E-state index in [0.717, 1.165) is 0 Å². The second kappa shape index (κ2) is 7.47. The zero-order valence-corrected chi connectivity index (χ0v) is 17.4.